The molecule has 4 rings (SSSR count). The van der Waals surface area contributed by atoms with E-state index in [0.717, 1.165) is 12.4 Å². The normalized spacial score (nSPS) is 23.0. The molecule has 0 spiro atoms. The number of fused-ring (bicyclic) bond motifs is 1. The Morgan fingerprint density at radius 2 is 1.81 bits per heavy atom. The second kappa shape index (κ2) is 9.45. The number of anilines is 2. The van der Waals surface area contributed by atoms with Crippen molar-refractivity contribution in [2.24, 2.45) is 5.92 Å². The molecule has 1 N–H and O–H groups in total. The van der Waals surface area contributed by atoms with Crippen LogP contribution in [0.15, 0.2) is 12.4 Å². The summed E-state index contributed by atoms with van der Waals surface area (Å²) in [5.74, 6) is 0.447. The summed E-state index contributed by atoms with van der Waals surface area (Å²) in [6.45, 7) is 9.56. The van der Waals surface area contributed by atoms with Crippen LogP contribution >= 0.6 is 0 Å². The van der Waals surface area contributed by atoms with Crippen LogP contribution in [0, 0.1) is 12.8 Å². The molecule has 1 fully saturated rings. The predicted molar refractivity (Wildman–Crippen MR) is 126 cm³/mol. The molecule has 0 saturated heterocycles. The van der Waals surface area contributed by atoms with E-state index >= 15 is 0 Å². The maximum Gasteiger partial charge on any atom is 0.451 e. The van der Waals surface area contributed by atoms with Gasteiger partial charge in [-0.25, -0.2) is 19.9 Å². The smallest absolute Gasteiger partial charge is 0.451 e. The number of carbonyl (C=O) groups is 1. The Morgan fingerprint density at radius 3 is 2.39 bits per heavy atom. The number of nitrogens with one attached hydrogen (secondary N) is 1. The lowest BCUT2D eigenvalue weighted by Crippen LogP contribution is -2.54. The van der Waals surface area contributed by atoms with Gasteiger partial charge in [0.15, 0.2) is 11.6 Å². The lowest BCUT2D eigenvalue weighted by Gasteiger charge is -2.40. The summed E-state index contributed by atoms with van der Waals surface area (Å²) >= 11 is 0. The van der Waals surface area contributed by atoms with Gasteiger partial charge < -0.3 is 19.7 Å². The van der Waals surface area contributed by atoms with E-state index in [4.69, 9.17) is 14.5 Å². The van der Waals surface area contributed by atoms with Crippen molar-refractivity contribution in [1.29, 1.82) is 0 Å². The Hall–Kier alpha value is -3.02. The summed E-state index contributed by atoms with van der Waals surface area (Å²) in [6, 6.07) is -0.536. The third-order valence-corrected chi connectivity index (χ3v) is 6.22. The molecule has 0 radical (unpaired) electrons. The van der Waals surface area contributed by atoms with Gasteiger partial charge in [-0.1, -0.05) is 0 Å². The second-order valence-corrected chi connectivity index (χ2v) is 10.4. The van der Waals surface area contributed by atoms with Crippen molar-refractivity contribution >= 4 is 17.4 Å². The van der Waals surface area contributed by atoms with E-state index in [1.54, 1.807) is 0 Å². The fourth-order valence-corrected chi connectivity index (χ4v) is 4.67. The van der Waals surface area contributed by atoms with Crippen LogP contribution in [0.1, 0.15) is 57.9 Å². The highest BCUT2D eigenvalue weighted by molar-refractivity contribution is 6.03. The van der Waals surface area contributed by atoms with Crippen LogP contribution < -0.4 is 15.0 Å². The molecule has 1 amide bonds. The molecule has 196 valence electrons. The fraction of sp³-hybridized carbons (Fsp3) is 0.625. The van der Waals surface area contributed by atoms with E-state index < -0.39 is 23.6 Å². The van der Waals surface area contributed by atoms with Gasteiger partial charge in [-0.05, 0) is 53.4 Å². The summed E-state index contributed by atoms with van der Waals surface area (Å²) in [4.78, 5) is 30.7. The predicted octanol–water partition coefficient (Wildman–Crippen LogP) is 3.95. The molecule has 12 heteroatoms. The van der Waals surface area contributed by atoms with Crippen LogP contribution in [0.2, 0.25) is 0 Å². The first-order valence-corrected chi connectivity index (χ1v) is 11.9. The van der Waals surface area contributed by atoms with Gasteiger partial charge in [0.1, 0.15) is 17.6 Å². The summed E-state index contributed by atoms with van der Waals surface area (Å²) in [5, 5.41) is 2.94. The Labute approximate surface area is 207 Å². The number of rotatable bonds is 6. The molecule has 0 aromatic carbocycles. The maximum atomic E-state index is 12.9. The average molecular weight is 509 g/mol. The number of ether oxygens (including phenoxy) is 2. The van der Waals surface area contributed by atoms with Gasteiger partial charge in [-0.15, -0.1) is 0 Å². The largest absolute Gasteiger partial charge is 0.487 e. The highest BCUT2D eigenvalue weighted by Crippen LogP contribution is 2.37. The molecular formula is C24H31F3N6O3. The Morgan fingerprint density at radius 1 is 1.17 bits per heavy atom. The molecule has 2 aromatic rings. The minimum absolute atomic E-state index is 0.129. The Kier molecular flexibility index (Phi) is 6.84. The zero-order valence-electron chi connectivity index (χ0n) is 21.2. The molecule has 0 unspecified atom stereocenters. The summed E-state index contributed by atoms with van der Waals surface area (Å²) < 4.78 is 49.6. The molecule has 2 aromatic heterocycles. The standard InChI is InChI=1S/C24H31F3N6O3/c1-12-18-20(33(6)19(21(34)32-18)13(2)36-23(3,4)5)31-17(30-12)9-14-7-15(8-14)35-16-10-28-22(29-11-16)24(25,26)27/h10-11,13-15,19H,7-9H2,1-6H3,(H,32,34)/t13-,14?,15?,19+/m1/s1. The first kappa shape index (κ1) is 26.1. The number of hydrogen-bond donors (Lipinski definition) is 1. The van der Waals surface area contributed by atoms with E-state index in [2.05, 4.69) is 20.3 Å². The maximum absolute atomic E-state index is 12.9. The molecule has 2 aliphatic rings. The summed E-state index contributed by atoms with van der Waals surface area (Å²) in [5.41, 5.74) is 0.887. The van der Waals surface area contributed by atoms with E-state index in [9.17, 15) is 18.0 Å². The van der Waals surface area contributed by atoms with Gasteiger partial charge >= 0.3 is 6.18 Å². The van der Waals surface area contributed by atoms with Gasteiger partial charge in [0.25, 0.3) is 0 Å². The third kappa shape index (κ3) is 5.69. The van der Waals surface area contributed by atoms with E-state index in [0.29, 0.717) is 42.3 Å². The Bertz CT molecular complexity index is 1110. The molecule has 1 aliphatic carbocycles. The van der Waals surface area contributed by atoms with Crippen molar-refractivity contribution < 1.29 is 27.4 Å². The number of hydrogen-bond acceptors (Lipinski definition) is 8. The lowest BCUT2D eigenvalue weighted by molar-refractivity contribution is -0.145. The van der Waals surface area contributed by atoms with E-state index in [1.165, 1.54) is 0 Å². The molecule has 1 saturated carbocycles. The van der Waals surface area contributed by atoms with Crippen molar-refractivity contribution in [2.75, 3.05) is 17.3 Å². The monoisotopic (exact) mass is 508 g/mol. The Balaban J connectivity index is 1.39. The topological polar surface area (TPSA) is 102 Å². The molecule has 0 bridgehead atoms. The van der Waals surface area contributed by atoms with Gasteiger partial charge in [-0.2, -0.15) is 13.2 Å². The zero-order chi connectivity index (χ0) is 26.4. The number of halogens is 3. The zero-order valence-corrected chi connectivity index (χ0v) is 21.2. The van der Waals surface area contributed by atoms with Gasteiger partial charge in [0, 0.05) is 13.5 Å². The van der Waals surface area contributed by atoms with Crippen molar-refractivity contribution in [3.63, 3.8) is 0 Å². The minimum atomic E-state index is -4.58. The number of amides is 1. The quantitative estimate of drug-likeness (QED) is 0.626. The van der Waals surface area contributed by atoms with E-state index in [-0.39, 0.29) is 29.8 Å². The number of alkyl halides is 3. The second-order valence-electron chi connectivity index (χ2n) is 10.4. The highest BCUT2D eigenvalue weighted by atomic mass is 19.4. The van der Waals surface area contributed by atoms with E-state index in [1.807, 2.05) is 46.6 Å². The molecule has 9 nitrogen and oxygen atoms in total. The average Bonchev–Trinajstić information content (AvgIpc) is 2.71. The highest BCUT2D eigenvalue weighted by Gasteiger charge is 2.40. The van der Waals surface area contributed by atoms with Crippen molar-refractivity contribution in [3.05, 3.63) is 29.7 Å². The molecule has 36 heavy (non-hydrogen) atoms. The third-order valence-electron chi connectivity index (χ3n) is 6.22. The van der Waals surface area contributed by atoms with Crippen LogP contribution in [0.3, 0.4) is 0 Å². The number of aromatic nitrogens is 4. The van der Waals surface area contributed by atoms with Crippen LogP contribution in [0.4, 0.5) is 24.7 Å². The SMILES string of the molecule is Cc1nc(CC2CC(Oc3cnc(C(F)(F)F)nc3)C2)nc2c1NC(=O)[C@H]([C@@H](C)OC(C)(C)C)N2C. The van der Waals surface area contributed by atoms with Crippen molar-refractivity contribution in [2.45, 2.75) is 83.9 Å². The summed E-state index contributed by atoms with van der Waals surface area (Å²) in [7, 11) is 1.83. The number of carbonyl (C=O) groups excluding carboxylic acids is 1. The molecule has 2 atom stereocenters. The first-order valence-electron chi connectivity index (χ1n) is 11.9. The van der Waals surface area contributed by atoms with Crippen molar-refractivity contribution in [1.82, 2.24) is 19.9 Å². The minimum Gasteiger partial charge on any atom is -0.487 e. The summed E-state index contributed by atoms with van der Waals surface area (Å²) in [6.07, 6.45) is -0.928. The van der Waals surface area contributed by atoms with Crippen LogP contribution in [-0.4, -0.2) is 56.7 Å². The fourth-order valence-electron chi connectivity index (χ4n) is 4.67. The van der Waals surface area contributed by atoms with Gasteiger partial charge in [0.2, 0.25) is 11.7 Å². The van der Waals surface area contributed by atoms with Gasteiger partial charge in [-0.3, -0.25) is 4.79 Å². The number of likely N-dealkylation sites (N-methyl/N-ethyl adjacent to an activating group) is 1. The molecule has 3 heterocycles. The number of aryl methyl sites for hydroxylation is 1. The first-order chi connectivity index (χ1) is 16.7. The van der Waals surface area contributed by atoms with Crippen molar-refractivity contribution in [3.8, 4) is 5.75 Å². The van der Waals surface area contributed by atoms with Crippen LogP contribution in [0.5, 0.6) is 5.75 Å². The van der Waals surface area contributed by atoms with Crippen LogP contribution in [-0.2, 0) is 22.1 Å². The van der Waals surface area contributed by atoms with Crippen LogP contribution in [0.25, 0.3) is 0 Å². The molecule has 1 aliphatic heterocycles. The lowest BCUT2D eigenvalue weighted by atomic mass is 9.80. The number of nitrogens with zero attached hydrogens (tertiary/aromatic N) is 5. The molecular weight excluding hydrogens is 477 g/mol. The van der Waals surface area contributed by atoms with Gasteiger partial charge in [0.05, 0.1) is 35.9 Å².